The summed E-state index contributed by atoms with van der Waals surface area (Å²) in [5.41, 5.74) is 5.17. The Bertz CT molecular complexity index is 1250. The standard InChI is InChI=1S/C30H32ClNO2/c1-5-6-7-20-8-12-24(13-9-20)32-26-14-11-23(31)19-25(26)30(4,28(32)33)22-10-15-27-21(18-22)16-17-29(2,3)34-27/h8-15,18-19H,5-7,16-17H2,1-4H3/t30-/m0/s1. The smallest absolute Gasteiger partial charge is 0.246 e. The predicted octanol–water partition coefficient (Wildman–Crippen LogP) is 7.77. The number of anilines is 2. The van der Waals surface area contributed by atoms with Gasteiger partial charge in [-0.15, -0.1) is 0 Å². The van der Waals surface area contributed by atoms with E-state index < -0.39 is 5.41 Å². The van der Waals surface area contributed by atoms with Gasteiger partial charge in [-0.05, 0) is 105 Å². The van der Waals surface area contributed by atoms with Gasteiger partial charge in [-0.3, -0.25) is 9.69 Å². The molecule has 0 spiro atoms. The van der Waals surface area contributed by atoms with Crippen LogP contribution in [0.1, 0.15) is 69.2 Å². The van der Waals surface area contributed by atoms with E-state index in [1.807, 2.05) is 42.2 Å². The molecule has 2 aliphatic heterocycles. The molecule has 1 amide bonds. The molecule has 0 N–H and O–H groups in total. The lowest BCUT2D eigenvalue weighted by Crippen LogP contribution is -2.37. The van der Waals surface area contributed by atoms with Gasteiger partial charge in [0.1, 0.15) is 11.4 Å². The summed E-state index contributed by atoms with van der Waals surface area (Å²) in [5.74, 6) is 0.961. The van der Waals surface area contributed by atoms with Gasteiger partial charge in [0.15, 0.2) is 0 Å². The van der Waals surface area contributed by atoms with Crippen molar-refractivity contribution in [2.24, 2.45) is 0 Å². The third-order valence-corrected chi connectivity index (χ3v) is 7.64. The molecule has 176 valence electrons. The molecule has 0 radical (unpaired) electrons. The minimum absolute atomic E-state index is 0.0445. The highest BCUT2D eigenvalue weighted by Crippen LogP contribution is 2.50. The summed E-state index contributed by atoms with van der Waals surface area (Å²) < 4.78 is 6.20. The van der Waals surface area contributed by atoms with Crippen molar-refractivity contribution in [3.8, 4) is 5.75 Å². The van der Waals surface area contributed by atoms with Gasteiger partial charge >= 0.3 is 0 Å². The fourth-order valence-electron chi connectivity index (χ4n) is 5.25. The Morgan fingerprint density at radius 3 is 2.50 bits per heavy atom. The molecule has 0 fully saturated rings. The molecule has 0 saturated heterocycles. The fourth-order valence-corrected chi connectivity index (χ4v) is 5.42. The van der Waals surface area contributed by atoms with Crippen LogP contribution in [0.5, 0.6) is 5.75 Å². The first-order valence-corrected chi connectivity index (χ1v) is 12.7. The lowest BCUT2D eigenvalue weighted by atomic mass is 9.76. The molecular formula is C30H32ClNO2. The van der Waals surface area contributed by atoms with Crippen molar-refractivity contribution in [1.29, 1.82) is 0 Å². The number of nitrogens with zero attached hydrogens (tertiary/aromatic N) is 1. The third-order valence-electron chi connectivity index (χ3n) is 7.40. The van der Waals surface area contributed by atoms with E-state index in [2.05, 4.69) is 51.1 Å². The Morgan fingerprint density at radius 1 is 1.00 bits per heavy atom. The van der Waals surface area contributed by atoms with Crippen LogP contribution < -0.4 is 9.64 Å². The second kappa shape index (κ2) is 8.46. The number of fused-ring (bicyclic) bond motifs is 2. The highest BCUT2D eigenvalue weighted by atomic mass is 35.5. The van der Waals surface area contributed by atoms with Gasteiger partial charge in [-0.25, -0.2) is 0 Å². The monoisotopic (exact) mass is 473 g/mol. The van der Waals surface area contributed by atoms with Gasteiger partial charge in [0.05, 0.1) is 11.1 Å². The van der Waals surface area contributed by atoms with Gasteiger partial charge in [0.25, 0.3) is 0 Å². The number of benzene rings is 3. The Hall–Kier alpha value is -2.78. The number of carbonyl (C=O) groups is 1. The average molecular weight is 474 g/mol. The number of hydrogen-bond donors (Lipinski definition) is 0. The van der Waals surface area contributed by atoms with Crippen LogP contribution in [-0.4, -0.2) is 11.5 Å². The lowest BCUT2D eigenvalue weighted by molar-refractivity contribution is -0.120. The first-order valence-electron chi connectivity index (χ1n) is 12.3. The second-order valence-corrected chi connectivity index (χ2v) is 10.8. The number of aryl methyl sites for hydroxylation is 2. The number of halogens is 1. The maximum absolute atomic E-state index is 14.2. The van der Waals surface area contributed by atoms with E-state index in [9.17, 15) is 4.79 Å². The van der Waals surface area contributed by atoms with Crippen molar-refractivity contribution in [3.05, 3.63) is 87.9 Å². The molecule has 2 aliphatic rings. The van der Waals surface area contributed by atoms with Crippen LogP contribution in [0.3, 0.4) is 0 Å². The summed E-state index contributed by atoms with van der Waals surface area (Å²) in [4.78, 5) is 16.0. The van der Waals surface area contributed by atoms with E-state index in [0.717, 1.165) is 53.1 Å². The molecule has 0 saturated carbocycles. The quantitative estimate of drug-likeness (QED) is 0.378. The molecule has 0 bridgehead atoms. The van der Waals surface area contributed by atoms with Crippen LogP contribution in [0, 0.1) is 0 Å². The summed E-state index contributed by atoms with van der Waals surface area (Å²) in [5, 5.41) is 0.637. The van der Waals surface area contributed by atoms with Crippen LogP contribution in [0.2, 0.25) is 5.02 Å². The summed E-state index contributed by atoms with van der Waals surface area (Å²) in [6.07, 6.45) is 5.28. The molecule has 34 heavy (non-hydrogen) atoms. The molecular weight excluding hydrogens is 442 g/mol. The maximum Gasteiger partial charge on any atom is 0.246 e. The topological polar surface area (TPSA) is 29.5 Å². The summed E-state index contributed by atoms with van der Waals surface area (Å²) in [7, 11) is 0. The number of carbonyl (C=O) groups excluding carboxylic acids is 1. The van der Waals surface area contributed by atoms with E-state index in [0.29, 0.717) is 5.02 Å². The summed E-state index contributed by atoms with van der Waals surface area (Å²) >= 11 is 6.45. The van der Waals surface area contributed by atoms with Crippen LogP contribution in [0.15, 0.2) is 60.7 Å². The van der Waals surface area contributed by atoms with Crippen molar-refractivity contribution < 1.29 is 9.53 Å². The number of hydrogen-bond acceptors (Lipinski definition) is 2. The van der Waals surface area contributed by atoms with Gasteiger partial charge in [0.2, 0.25) is 5.91 Å². The van der Waals surface area contributed by atoms with Crippen LogP contribution >= 0.6 is 11.6 Å². The second-order valence-electron chi connectivity index (χ2n) is 10.4. The molecule has 2 heterocycles. The third kappa shape index (κ3) is 3.80. The van der Waals surface area contributed by atoms with E-state index >= 15 is 0 Å². The van der Waals surface area contributed by atoms with Crippen LogP contribution in [0.25, 0.3) is 0 Å². The van der Waals surface area contributed by atoms with Crippen molar-refractivity contribution in [3.63, 3.8) is 0 Å². The van der Waals surface area contributed by atoms with Gasteiger partial charge in [0, 0.05) is 10.7 Å². The normalized spacial score (nSPS) is 20.6. The lowest BCUT2D eigenvalue weighted by Gasteiger charge is -2.34. The maximum atomic E-state index is 14.2. The fraction of sp³-hybridized carbons (Fsp3) is 0.367. The average Bonchev–Trinajstić information content (AvgIpc) is 3.04. The van der Waals surface area contributed by atoms with Gasteiger partial charge in [-0.2, -0.15) is 0 Å². The van der Waals surface area contributed by atoms with Gasteiger partial charge < -0.3 is 4.74 Å². The molecule has 0 unspecified atom stereocenters. The predicted molar refractivity (Wildman–Crippen MR) is 140 cm³/mol. The minimum Gasteiger partial charge on any atom is -0.488 e. The van der Waals surface area contributed by atoms with Gasteiger partial charge in [-0.1, -0.05) is 49.2 Å². The zero-order chi connectivity index (χ0) is 24.1. The Kier molecular flexibility index (Phi) is 5.72. The first kappa shape index (κ1) is 23.0. The largest absolute Gasteiger partial charge is 0.488 e. The molecule has 3 nitrogen and oxygen atoms in total. The summed E-state index contributed by atoms with van der Waals surface area (Å²) in [6, 6.07) is 20.4. The minimum atomic E-state index is -0.830. The molecule has 4 heteroatoms. The highest BCUT2D eigenvalue weighted by molar-refractivity contribution is 6.31. The SMILES string of the molecule is CCCCc1ccc(N2C(=O)[C@@](C)(c3ccc4c(c3)CCC(C)(C)O4)c3cc(Cl)ccc32)cc1. The number of rotatable bonds is 5. The Morgan fingerprint density at radius 2 is 1.76 bits per heavy atom. The number of ether oxygens (including phenoxy) is 1. The highest BCUT2D eigenvalue weighted by Gasteiger charge is 2.49. The van der Waals surface area contributed by atoms with E-state index in [4.69, 9.17) is 16.3 Å². The molecule has 3 aromatic rings. The van der Waals surface area contributed by atoms with Crippen molar-refractivity contribution in [2.45, 2.75) is 70.8 Å². The Labute approximate surface area is 207 Å². The van der Waals surface area contributed by atoms with Crippen LogP contribution in [0.4, 0.5) is 11.4 Å². The van der Waals surface area contributed by atoms with Crippen molar-refractivity contribution >= 4 is 28.9 Å². The molecule has 0 aromatic heterocycles. The number of amides is 1. The molecule has 5 rings (SSSR count). The zero-order valence-electron chi connectivity index (χ0n) is 20.5. The van der Waals surface area contributed by atoms with Crippen molar-refractivity contribution in [2.75, 3.05) is 4.90 Å². The Balaban J connectivity index is 1.58. The molecule has 3 aromatic carbocycles. The molecule has 1 atom stereocenters. The molecule has 0 aliphatic carbocycles. The first-order chi connectivity index (χ1) is 16.2. The van der Waals surface area contributed by atoms with Crippen LogP contribution in [-0.2, 0) is 23.1 Å². The van der Waals surface area contributed by atoms with Crippen molar-refractivity contribution in [1.82, 2.24) is 0 Å². The summed E-state index contributed by atoms with van der Waals surface area (Å²) in [6.45, 7) is 8.47. The van der Waals surface area contributed by atoms with E-state index in [1.165, 1.54) is 18.4 Å². The van der Waals surface area contributed by atoms with E-state index in [1.54, 1.807) is 0 Å². The van der Waals surface area contributed by atoms with E-state index in [-0.39, 0.29) is 11.5 Å². The zero-order valence-corrected chi connectivity index (χ0v) is 21.2. The number of unbranched alkanes of at least 4 members (excludes halogenated alkanes) is 1.